The predicted molar refractivity (Wildman–Crippen MR) is 64.3 cm³/mol. The number of hydrogen-bond donors (Lipinski definition) is 0. The van der Waals surface area contributed by atoms with Crippen molar-refractivity contribution in [3.63, 3.8) is 0 Å². The summed E-state index contributed by atoms with van der Waals surface area (Å²) >= 11 is 0. The Labute approximate surface area is 98.4 Å². The third kappa shape index (κ3) is 2.32. The number of carbonyl (C=O) groups is 1. The molecule has 3 aliphatic rings. The average Bonchev–Trinajstić information content (AvgIpc) is 3.02. The van der Waals surface area contributed by atoms with E-state index >= 15 is 0 Å². The second kappa shape index (κ2) is 4.48. The Bertz CT molecular complexity index is 256. The molecule has 1 saturated carbocycles. The highest BCUT2D eigenvalue weighted by Gasteiger charge is 2.37. The molecule has 0 N–H and O–H groups in total. The van der Waals surface area contributed by atoms with Gasteiger partial charge in [-0.1, -0.05) is 19.3 Å². The van der Waals surface area contributed by atoms with E-state index in [1.807, 2.05) is 0 Å². The number of nitrogens with zero attached hydrogens (tertiary/aromatic N) is 1. The van der Waals surface area contributed by atoms with Gasteiger partial charge in [0.15, 0.2) is 0 Å². The maximum absolute atomic E-state index is 11.6. The van der Waals surface area contributed by atoms with E-state index in [4.69, 9.17) is 0 Å². The van der Waals surface area contributed by atoms with Gasteiger partial charge in [-0.3, -0.25) is 9.69 Å². The first-order chi connectivity index (χ1) is 7.83. The SMILES string of the molecule is O=C1CC2CCCC(C1)N2CCCC1CC1. The molecule has 0 spiro atoms. The molecular formula is C14H23NO. The number of piperidine rings is 2. The van der Waals surface area contributed by atoms with Crippen molar-refractivity contribution in [1.82, 2.24) is 4.90 Å². The van der Waals surface area contributed by atoms with Crippen molar-refractivity contribution in [1.29, 1.82) is 0 Å². The van der Waals surface area contributed by atoms with E-state index in [0.29, 0.717) is 17.9 Å². The molecule has 2 bridgehead atoms. The summed E-state index contributed by atoms with van der Waals surface area (Å²) in [5.41, 5.74) is 0. The molecule has 2 atom stereocenters. The van der Waals surface area contributed by atoms with Crippen LogP contribution < -0.4 is 0 Å². The van der Waals surface area contributed by atoms with E-state index in [0.717, 1.165) is 18.8 Å². The molecule has 2 heterocycles. The van der Waals surface area contributed by atoms with Gasteiger partial charge < -0.3 is 0 Å². The molecule has 2 aliphatic heterocycles. The first-order valence-electron chi connectivity index (χ1n) is 7.10. The fourth-order valence-electron chi connectivity index (χ4n) is 3.60. The van der Waals surface area contributed by atoms with Gasteiger partial charge in [-0.2, -0.15) is 0 Å². The van der Waals surface area contributed by atoms with E-state index in [2.05, 4.69) is 4.90 Å². The lowest BCUT2D eigenvalue weighted by molar-refractivity contribution is -0.127. The molecule has 1 aliphatic carbocycles. The fourth-order valence-corrected chi connectivity index (χ4v) is 3.60. The zero-order valence-corrected chi connectivity index (χ0v) is 10.2. The summed E-state index contributed by atoms with van der Waals surface area (Å²) in [7, 11) is 0. The average molecular weight is 221 g/mol. The largest absolute Gasteiger partial charge is 0.300 e. The van der Waals surface area contributed by atoms with Crippen LogP contribution in [0.3, 0.4) is 0 Å². The van der Waals surface area contributed by atoms with Crippen LogP contribution in [0.15, 0.2) is 0 Å². The molecule has 2 saturated heterocycles. The smallest absolute Gasteiger partial charge is 0.136 e. The van der Waals surface area contributed by atoms with E-state index in [9.17, 15) is 4.79 Å². The summed E-state index contributed by atoms with van der Waals surface area (Å²) < 4.78 is 0. The van der Waals surface area contributed by atoms with Crippen LogP contribution in [0.1, 0.15) is 57.8 Å². The lowest BCUT2D eigenvalue weighted by Crippen LogP contribution is -2.52. The highest BCUT2D eigenvalue weighted by Crippen LogP contribution is 2.35. The van der Waals surface area contributed by atoms with Gasteiger partial charge >= 0.3 is 0 Å². The number of Topliss-reactive ketones (excluding diaryl/α,β-unsaturated/α-hetero) is 1. The van der Waals surface area contributed by atoms with Crippen LogP contribution in [0.5, 0.6) is 0 Å². The molecule has 0 aromatic heterocycles. The summed E-state index contributed by atoms with van der Waals surface area (Å²) in [4.78, 5) is 14.3. The summed E-state index contributed by atoms with van der Waals surface area (Å²) in [6.07, 6.45) is 11.3. The van der Waals surface area contributed by atoms with Crippen LogP contribution >= 0.6 is 0 Å². The summed E-state index contributed by atoms with van der Waals surface area (Å²) in [5, 5.41) is 0. The lowest BCUT2D eigenvalue weighted by Gasteiger charge is -2.45. The zero-order valence-electron chi connectivity index (χ0n) is 10.2. The molecule has 0 aromatic rings. The Morgan fingerprint density at radius 3 is 2.38 bits per heavy atom. The number of hydrogen-bond acceptors (Lipinski definition) is 2. The van der Waals surface area contributed by atoms with Crippen molar-refractivity contribution in [2.24, 2.45) is 5.92 Å². The molecule has 2 heteroatoms. The van der Waals surface area contributed by atoms with Crippen LogP contribution in [0.4, 0.5) is 0 Å². The van der Waals surface area contributed by atoms with Crippen LogP contribution in [-0.4, -0.2) is 29.3 Å². The summed E-state index contributed by atoms with van der Waals surface area (Å²) in [5.74, 6) is 1.58. The molecule has 0 aromatic carbocycles. The zero-order chi connectivity index (χ0) is 11.0. The monoisotopic (exact) mass is 221 g/mol. The number of ketones is 1. The van der Waals surface area contributed by atoms with Crippen molar-refractivity contribution in [2.45, 2.75) is 69.9 Å². The molecule has 2 nitrogen and oxygen atoms in total. The van der Waals surface area contributed by atoms with E-state index < -0.39 is 0 Å². The number of rotatable bonds is 4. The summed E-state index contributed by atoms with van der Waals surface area (Å²) in [6.45, 7) is 1.26. The molecule has 0 amide bonds. The van der Waals surface area contributed by atoms with Crippen LogP contribution in [0, 0.1) is 5.92 Å². The van der Waals surface area contributed by atoms with Gasteiger partial charge in [0.25, 0.3) is 0 Å². The quantitative estimate of drug-likeness (QED) is 0.727. The predicted octanol–water partition coefficient (Wildman–Crippen LogP) is 2.76. The fraction of sp³-hybridized carbons (Fsp3) is 0.929. The minimum absolute atomic E-state index is 0.521. The topological polar surface area (TPSA) is 20.3 Å². The Kier molecular flexibility index (Phi) is 3.01. The standard InChI is InChI=1S/C14H23NO/c16-14-9-12-4-1-5-13(10-14)15(12)8-2-3-11-6-7-11/h11-13H,1-10H2. The second-order valence-corrected chi connectivity index (χ2v) is 6.01. The highest BCUT2D eigenvalue weighted by atomic mass is 16.1. The molecule has 3 rings (SSSR count). The Balaban J connectivity index is 1.53. The first kappa shape index (κ1) is 10.8. The van der Waals surface area contributed by atoms with Crippen LogP contribution in [-0.2, 0) is 4.79 Å². The number of carbonyl (C=O) groups excluding carboxylic acids is 1. The van der Waals surface area contributed by atoms with Crippen LogP contribution in [0.25, 0.3) is 0 Å². The van der Waals surface area contributed by atoms with Gasteiger partial charge in [-0.15, -0.1) is 0 Å². The van der Waals surface area contributed by atoms with Crippen molar-refractivity contribution < 1.29 is 4.79 Å². The Hall–Kier alpha value is -0.370. The van der Waals surface area contributed by atoms with E-state index in [1.54, 1.807) is 0 Å². The molecule has 0 radical (unpaired) electrons. The summed E-state index contributed by atoms with van der Waals surface area (Å²) in [6, 6.07) is 1.22. The van der Waals surface area contributed by atoms with Gasteiger partial charge in [0, 0.05) is 24.9 Å². The van der Waals surface area contributed by atoms with Gasteiger partial charge in [0.1, 0.15) is 5.78 Å². The van der Waals surface area contributed by atoms with Crippen molar-refractivity contribution >= 4 is 5.78 Å². The molecule has 16 heavy (non-hydrogen) atoms. The van der Waals surface area contributed by atoms with Crippen molar-refractivity contribution in [3.05, 3.63) is 0 Å². The third-order valence-corrected chi connectivity index (χ3v) is 4.66. The Morgan fingerprint density at radius 1 is 1.06 bits per heavy atom. The van der Waals surface area contributed by atoms with Crippen molar-refractivity contribution in [2.75, 3.05) is 6.54 Å². The molecule has 2 unspecified atom stereocenters. The minimum atomic E-state index is 0.521. The lowest BCUT2D eigenvalue weighted by atomic mass is 9.83. The molecular weight excluding hydrogens is 198 g/mol. The third-order valence-electron chi connectivity index (χ3n) is 4.66. The maximum atomic E-state index is 11.6. The maximum Gasteiger partial charge on any atom is 0.136 e. The molecule has 90 valence electrons. The minimum Gasteiger partial charge on any atom is -0.300 e. The Morgan fingerprint density at radius 2 is 1.75 bits per heavy atom. The first-order valence-corrected chi connectivity index (χ1v) is 7.10. The van der Waals surface area contributed by atoms with E-state index in [-0.39, 0.29) is 0 Å². The molecule has 3 fully saturated rings. The van der Waals surface area contributed by atoms with Gasteiger partial charge in [-0.25, -0.2) is 0 Å². The van der Waals surface area contributed by atoms with Gasteiger partial charge in [0.05, 0.1) is 0 Å². The van der Waals surface area contributed by atoms with Gasteiger partial charge in [-0.05, 0) is 38.1 Å². The van der Waals surface area contributed by atoms with E-state index in [1.165, 1.54) is 51.5 Å². The van der Waals surface area contributed by atoms with Crippen molar-refractivity contribution in [3.8, 4) is 0 Å². The number of fused-ring (bicyclic) bond motifs is 2. The normalized spacial score (nSPS) is 35.4. The second-order valence-electron chi connectivity index (χ2n) is 6.01. The van der Waals surface area contributed by atoms with Crippen LogP contribution in [0.2, 0.25) is 0 Å². The highest BCUT2D eigenvalue weighted by molar-refractivity contribution is 5.80. The van der Waals surface area contributed by atoms with Gasteiger partial charge in [0.2, 0.25) is 0 Å².